The molecule has 5 nitrogen and oxygen atoms in total. The number of nitrogens with zero attached hydrogens (tertiary/aromatic N) is 1. The maximum atomic E-state index is 13.4. The molecule has 0 fully saturated rings. The van der Waals surface area contributed by atoms with Crippen LogP contribution in [0.5, 0.6) is 0 Å². The molecule has 1 amide bonds. The monoisotopic (exact) mass is 424 g/mol. The van der Waals surface area contributed by atoms with Crippen LogP contribution in [0, 0.1) is 12.7 Å². The van der Waals surface area contributed by atoms with Gasteiger partial charge in [0.25, 0.3) is 15.9 Å². The Morgan fingerprint density at radius 1 is 1.03 bits per heavy atom. The topological polar surface area (TPSA) is 66.5 Å². The molecule has 30 heavy (non-hydrogen) atoms. The normalized spacial score (nSPS) is 13.6. The van der Waals surface area contributed by atoms with Crippen LogP contribution >= 0.6 is 0 Å². The second-order valence-corrected chi connectivity index (χ2v) is 9.16. The third kappa shape index (κ3) is 3.93. The summed E-state index contributed by atoms with van der Waals surface area (Å²) in [6.07, 6.45) is 1.39. The predicted octanol–water partition coefficient (Wildman–Crippen LogP) is 4.53. The fourth-order valence-corrected chi connectivity index (χ4v) is 5.10. The van der Waals surface area contributed by atoms with Crippen molar-refractivity contribution in [3.05, 3.63) is 89.2 Å². The van der Waals surface area contributed by atoms with Crippen LogP contribution < -0.4 is 9.62 Å². The van der Waals surface area contributed by atoms with Crippen molar-refractivity contribution in [3.63, 3.8) is 0 Å². The van der Waals surface area contributed by atoms with Gasteiger partial charge in [0.05, 0.1) is 10.6 Å². The van der Waals surface area contributed by atoms with Gasteiger partial charge >= 0.3 is 0 Å². The molecular formula is C23H21FN2O3S. The summed E-state index contributed by atoms with van der Waals surface area (Å²) in [5.41, 5.74) is 3.21. The Morgan fingerprint density at radius 3 is 2.53 bits per heavy atom. The van der Waals surface area contributed by atoms with E-state index in [0.717, 1.165) is 11.1 Å². The van der Waals surface area contributed by atoms with E-state index in [0.29, 0.717) is 30.8 Å². The van der Waals surface area contributed by atoms with E-state index in [4.69, 9.17) is 0 Å². The Balaban J connectivity index is 1.61. The molecule has 3 aromatic carbocycles. The number of fused-ring (bicyclic) bond motifs is 1. The molecular weight excluding hydrogens is 403 g/mol. The summed E-state index contributed by atoms with van der Waals surface area (Å²) < 4.78 is 41.1. The number of carbonyl (C=O) groups excluding carboxylic acids is 1. The lowest BCUT2D eigenvalue weighted by atomic mass is 10.0. The van der Waals surface area contributed by atoms with Gasteiger partial charge in [0.2, 0.25) is 0 Å². The molecule has 7 heteroatoms. The van der Waals surface area contributed by atoms with Crippen LogP contribution in [0.25, 0.3) is 0 Å². The average molecular weight is 424 g/mol. The van der Waals surface area contributed by atoms with Crippen LogP contribution in [-0.4, -0.2) is 20.9 Å². The molecule has 0 radical (unpaired) electrons. The Kier molecular flexibility index (Phi) is 5.30. The minimum Gasteiger partial charge on any atom is -0.322 e. The molecule has 0 unspecified atom stereocenters. The standard InChI is InChI=1S/C23H21FN2O3S/c1-16-7-10-21(11-8-16)30(28,29)26-13-3-5-17-15-20(9-12-22(17)26)25-23(27)18-4-2-6-19(24)14-18/h2,4,6-12,14-15H,3,5,13H2,1H3,(H,25,27). The maximum absolute atomic E-state index is 13.4. The average Bonchev–Trinajstić information content (AvgIpc) is 2.73. The van der Waals surface area contributed by atoms with Gasteiger partial charge in [-0.15, -0.1) is 0 Å². The number of rotatable bonds is 4. The fraction of sp³-hybridized carbons (Fsp3) is 0.174. The van der Waals surface area contributed by atoms with Crippen molar-refractivity contribution >= 4 is 27.3 Å². The number of amides is 1. The van der Waals surface area contributed by atoms with Crippen molar-refractivity contribution in [1.82, 2.24) is 0 Å². The number of nitrogens with one attached hydrogen (secondary N) is 1. The summed E-state index contributed by atoms with van der Waals surface area (Å²) in [4.78, 5) is 12.6. The first kappa shape index (κ1) is 20.1. The molecule has 0 spiro atoms. The van der Waals surface area contributed by atoms with Gasteiger partial charge in [0.15, 0.2) is 0 Å². The lowest BCUT2D eigenvalue weighted by molar-refractivity contribution is 0.102. The minimum atomic E-state index is -3.67. The van der Waals surface area contributed by atoms with Crippen LogP contribution in [0.4, 0.5) is 15.8 Å². The largest absolute Gasteiger partial charge is 0.322 e. The Bertz CT molecular complexity index is 1210. The molecule has 1 N–H and O–H groups in total. The zero-order valence-electron chi connectivity index (χ0n) is 16.4. The number of hydrogen-bond acceptors (Lipinski definition) is 3. The molecule has 3 aromatic rings. The molecule has 1 aliphatic rings. The summed E-state index contributed by atoms with van der Waals surface area (Å²) in [6, 6.07) is 17.4. The lowest BCUT2D eigenvalue weighted by Crippen LogP contribution is -2.35. The number of anilines is 2. The van der Waals surface area contributed by atoms with Gasteiger partial charge in [-0.2, -0.15) is 0 Å². The molecule has 4 rings (SSSR count). The summed E-state index contributed by atoms with van der Waals surface area (Å²) in [5, 5.41) is 2.75. The molecule has 154 valence electrons. The predicted molar refractivity (Wildman–Crippen MR) is 115 cm³/mol. The number of sulfonamides is 1. The first-order chi connectivity index (χ1) is 14.3. The van der Waals surface area contributed by atoms with Gasteiger partial charge in [-0.25, -0.2) is 12.8 Å². The van der Waals surface area contributed by atoms with E-state index >= 15 is 0 Å². The number of halogens is 1. The van der Waals surface area contributed by atoms with Crippen LogP contribution in [0.1, 0.15) is 27.9 Å². The van der Waals surface area contributed by atoms with Crippen LogP contribution in [0.2, 0.25) is 0 Å². The van der Waals surface area contributed by atoms with Gasteiger partial charge in [0, 0.05) is 17.8 Å². The van der Waals surface area contributed by atoms with E-state index in [2.05, 4.69) is 5.32 Å². The smallest absolute Gasteiger partial charge is 0.264 e. The number of aryl methyl sites for hydroxylation is 2. The molecule has 1 heterocycles. The van der Waals surface area contributed by atoms with Crippen molar-refractivity contribution in [1.29, 1.82) is 0 Å². The maximum Gasteiger partial charge on any atom is 0.264 e. The SMILES string of the molecule is Cc1ccc(S(=O)(=O)N2CCCc3cc(NC(=O)c4cccc(F)c4)ccc32)cc1. The zero-order chi connectivity index (χ0) is 21.3. The summed E-state index contributed by atoms with van der Waals surface area (Å²) in [6.45, 7) is 2.31. The van der Waals surface area contributed by atoms with E-state index in [1.807, 2.05) is 6.92 Å². The highest BCUT2D eigenvalue weighted by Crippen LogP contribution is 2.34. The number of hydrogen-bond donors (Lipinski definition) is 1. The molecule has 0 bridgehead atoms. The zero-order valence-corrected chi connectivity index (χ0v) is 17.2. The molecule has 0 saturated carbocycles. The van der Waals surface area contributed by atoms with E-state index < -0.39 is 21.7 Å². The second-order valence-electron chi connectivity index (χ2n) is 7.30. The third-order valence-electron chi connectivity index (χ3n) is 5.11. The van der Waals surface area contributed by atoms with Gasteiger partial charge in [-0.3, -0.25) is 9.10 Å². The first-order valence-electron chi connectivity index (χ1n) is 9.64. The summed E-state index contributed by atoms with van der Waals surface area (Å²) >= 11 is 0. The Labute approximate surface area is 175 Å². The van der Waals surface area contributed by atoms with Crippen molar-refractivity contribution in [2.24, 2.45) is 0 Å². The third-order valence-corrected chi connectivity index (χ3v) is 6.94. The van der Waals surface area contributed by atoms with Gasteiger partial charge in [-0.05, 0) is 73.9 Å². The van der Waals surface area contributed by atoms with Gasteiger partial charge < -0.3 is 5.32 Å². The molecule has 0 aromatic heterocycles. The van der Waals surface area contributed by atoms with Gasteiger partial charge in [-0.1, -0.05) is 23.8 Å². The number of carbonyl (C=O) groups is 1. The van der Waals surface area contributed by atoms with E-state index in [9.17, 15) is 17.6 Å². The Morgan fingerprint density at radius 2 is 1.80 bits per heavy atom. The molecule has 0 atom stereocenters. The fourth-order valence-electron chi connectivity index (χ4n) is 3.56. The highest BCUT2D eigenvalue weighted by atomic mass is 32.2. The number of benzene rings is 3. The first-order valence-corrected chi connectivity index (χ1v) is 11.1. The summed E-state index contributed by atoms with van der Waals surface area (Å²) in [7, 11) is -3.67. The van der Waals surface area contributed by atoms with Crippen molar-refractivity contribution in [2.75, 3.05) is 16.2 Å². The van der Waals surface area contributed by atoms with E-state index in [1.54, 1.807) is 42.5 Å². The minimum absolute atomic E-state index is 0.219. The van der Waals surface area contributed by atoms with E-state index in [1.165, 1.54) is 28.6 Å². The second kappa shape index (κ2) is 7.91. The van der Waals surface area contributed by atoms with Crippen molar-refractivity contribution in [3.8, 4) is 0 Å². The lowest BCUT2D eigenvalue weighted by Gasteiger charge is -2.31. The molecule has 0 saturated heterocycles. The quantitative estimate of drug-likeness (QED) is 0.669. The van der Waals surface area contributed by atoms with Gasteiger partial charge in [0.1, 0.15) is 5.82 Å². The van der Waals surface area contributed by atoms with Crippen LogP contribution in [-0.2, 0) is 16.4 Å². The van der Waals surface area contributed by atoms with Crippen molar-refractivity contribution < 1.29 is 17.6 Å². The molecule has 1 aliphatic heterocycles. The van der Waals surface area contributed by atoms with Crippen molar-refractivity contribution in [2.45, 2.75) is 24.7 Å². The Hall–Kier alpha value is -3.19. The molecule has 0 aliphatic carbocycles. The highest BCUT2D eigenvalue weighted by Gasteiger charge is 2.29. The van der Waals surface area contributed by atoms with Crippen LogP contribution in [0.3, 0.4) is 0 Å². The highest BCUT2D eigenvalue weighted by molar-refractivity contribution is 7.92. The summed E-state index contributed by atoms with van der Waals surface area (Å²) in [5.74, 6) is -0.903. The van der Waals surface area contributed by atoms with Crippen LogP contribution in [0.15, 0.2) is 71.6 Å². The van der Waals surface area contributed by atoms with E-state index in [-0.39, 0.29) is 10.5 Å².